The third-order valence-electron chi connectivity index (χ3n) is 2.79. The summed E-state index contributed by atoms with van der Waals surface area (Å²) in [6, 6.07) is 0. The van der Waals surface area contributed by atoms with Crippen molar-refractivity contribution in [2.24, 2.45) is 5.92 Å². The predicted octanol–water partition coefficient (Wildman–Crippen LogP) is 0.936. The van der Waals surface area contributed by atoms with E-state index in [1.165, 1.54) is 25.7 Å². The summed E-state index contributed by atoms with van der Waals surface area (Å²) in [4.78, 5) is 0. The molecule has 1 unspecified atom stereocenters. The highest BCUT2D eigenvalue weighted by molar-refractivity contribution is 4.84. The summed E-state index contributed by atoms with van der Waals surface area (Å²) in [5.41, 5.74) is 0. The number of aliphatic hydroxyl groups is 1. The Kier molecular flexibility index (Phi) is 1.66. The molecule has 2 saturated heterocycles. The first-order valence-electron chi connectivity index (χ1n) is 4.16. The molecule has 0 aromatic heterocycles. The van der Waals surface area contributed by atoms with Gasteiger partial charge in [-0.2, -0.15) is 0 Å². The summed E-state index contributed by atoms with van der Waals surface area (Å²) in [6.45, 7) is 0.223. The van der Waals surface area contributed by atoms with Crippen molar-refractivity contribution in [3.63, 3.8) is 0 Å². The molecule has 2 bridgehead atoms. The lowest BCUT2D eigenvalue weighted by Gasteiger charge is -2.41. The van der Waals surface area contributed by atoms with Crippen LogP contribution in [0.4, 0.5) is 0 Å². The van der Waals surface area contributed by atoms with E-state index in [4.69, 9.17) is 9.84 Å². The molecule has 1 atom stereocenters. The van der Waals surface area contributed by atoms with Gasteiger partial charge in [0.1, 0.15) is 0 Å². The van der Waals surface area contributed by atoms with Gasteiger partial charge in [-0.1, -0.05) is 0 Å². The molecule has 0 amide bonds. The van der Waals surface area contributed by atoms with Crippen molar-refractivity contribution in [2.45, 2.75) is 37.9 Å². The number of aliphatic hydroxyl groups excluding tert-OH is 1. The van der Waals surface area contributed by atoms with Crippen LogP contribution in [0.1, 0.15) is 25.7 Å². The van der Waals surface area contributed by atoms with Gasteiger partial charge in [-0.3, -0.25) is 0 Å². The fourth-order valence-corrected chi connectivity index (χ4v) is 2.15. The normalized spacial score (nSPS) is 45.9. The minimum absolute atomic E-state index is 0.174. The largest absolute Gasteiger partial charge is 0.394 e. The lowest BCUT2D eigenvalue weighted by molar-refractivity contribution is -0.140. The number of fused-ring (bicyclic) bond motifs is 3. The first kappa shape index (κ1) is 6.62. The van der Waals surface area contributed by atoms with Crippen molar-refractivity contribution < 1.29 is 9.84 Å². The molecule has 3 rings (SSSR count). The van der Waals surface area contributed by atoms with Crippen molar-refractivity contribution in [1.82, 2.24) is 0 Å². The molecule has 1 aliphatic carbocycles. The Labute approximate surface area is 61.2 Å². The van der Waals surface area contributed by atoms with Crippen molar-refractivity contribution in [2.75, 3.05) is 6.61 Å². The highest BCUT2D eigenvalue weighted by Crippen LogP contribution is 2.36. The fraction of sp³-hybridized carbons (Fsp3) is 1.00. The average molecular weight is 142 g/mol. The van der Waals surface area contributed by atoms with Crippen molar-refractivity contribution in [3.05, 3.63) is 0 Å². The van der Waals surface area contributed by atoms with Gasteiger partial charge in [0.05, 0.1) is 18.8 Å². The van der Waals surface area contributed by atoms with Gasteiger partial charge >= 0.3 is 0 Å². The lowest BCUT2D eigenvalue weighted by atomic mass is 9.80. The van der Waals surface area contributed by atoms with E-state index in [9.17, 15) is 0 Å². The zero-order valence-electron chi connectivity index (χ0n) is 6.12. The third-order valence-corrected chi connectivity index (χ3v) is 2.79. The molecule has 3 fully saturated rings. The smallest absolute Gasteiger partial charge is 0.0837 e. The molecule has 2 nitrogen and oxygen atoms in total. The highest BCUT2D eigenvalue weighted by atomic mass is 16.5. The Balaban J connectivity index is 2.01. The van der Waals surface area contributed by atoms with Crippen LogP contribution in [-0.2, 0) is 4.74 Å². The maximum absolute atomic E-state index is 8.89. The summed E-state index contributed by atoms with van der Waals surface area (Å²) < 4.78 is 5.58. The van der Waals surface area contributed by atoms with Crippen LogP contribution >= 0.6 is 0 Å². The van der Waals surface area contributed by atoms with Crippen LogP contribution in [0.5, 0.6) is 0 Å². The third kappa shape index (κ3) is 0.956. The molecule has 58 valence electrons. The summed E-state index contributed by atoms with van der Waals surface area (Å²) in [5.74, 6) is 0.662. The van der Waals surface area contributed by atoms with Crippen molar-refractivity contribution in [1.29, 1.82) is 0 Å². The zero-order chi connectivity index (χ0) is 6.97. The van der Waals surface area contributed by atoms with Gasteiger partial charge in [0.2, 0.25) is 0 Å². The van der Waals surface area contributed by atoms with Crippen LogP contribution in [0, 0.1) is 5.92 Å². The second-order valence-corrected chi connectivity index (χ2v) is 3.39. The molecule has 0 aromatic carbocycles. The van der Waals surface area contributed by atoms with E-state index in [1.807, 2.05) is 0 Å². The van der Waals surface area contributed by atoms with Gasteiger partial charge in [0, 0.05) is 0 Å². The van der Waals surface area contributed by atoms with E-state index in [-0.39, 0.29) is 12.7 Å². The molecule has 10 heavy (non-hydrogen) atoms. The Hall–Kier alpha value is -0.0800. The summed E-state index contributed by atoms with van der Waals surface area (Å²) in [6.07, 6.45) is 5.64. The fourth-order valence-electron chi connectivity index (χ4n) is 2.15. The van der Waals surface area contributed by atoms with Gasteiger partial charge in [-0.15, -0.1) is 0 Å². The molecule has 0 spiro atoms. The molecule has 0 aromatic rings. The summed E-state index contributed by atoms with van der Waals surface area (Å²) in [7, 11) is 0. The Morgan fingerprint density at radius 2 is 1.90 bits per heavy atom. The molecule has 2 aliphatic heterocycles. The summed E-state index contributed by atoms with van der Waals surface area (Å²) in [5, 5.41) is 8.89. The van der Waals surface area contributed by atoms with E-state index in [1.54, 1.807) is 0 Å². The summed E-state index contributed by atoms with van der Waals surface area (Å²) >= 11 is 0. The molecule has 0 radical (unpaired) electrons. The van der Waals surface area contributed by atoms with E-state index in [0.717, 1.165) is 0 Å². The van der Waals surface area contributed by atoms with Gasteiger partial charge < -0.3 is 9.84 Å². The molecular weight excluding hydrogens is 128 g/mol. The molecule has 3 aliphatic rings. The van der Waals surface area contributed by atoms with Crippen LogP contribution in [0.3, 0.4) is 0 Å². The minimum atomic E-state index is 0.174. The lowest BCUT2D eigenvalue weighted by Crippen LogP contribution is -2.42. The first-order valence-corrected chi connectivity index (χ1v) is 4.16. The predicted molar refractivity (Wildman–Crippen MR) is 37.7 cm³/mol. The van der Waals surface area contributed by atoms with E-state index in [2.05, 4.69) is 0 Å². The monoisotopic (exact) mass is 142 g/mol. The molecule has 2 heteroatoms. The van der Waals surface area contributed by atoms with Crippen LogP contribution in [0.25, 0.3) is 0 Å². The Morgan fingerprint density at radius 3 is 2.20 bits per heavy atom. The maximum Gasteiger partial charge on any atom is 0.0837 e. The van der Waals surface area contributed by atoms with E-state index < -0.39 is 0 Å². The minimum Gasteiger partial charge on any atom is -0.394 e. The van der Waals surface area contributed by atoms with E-state index >= 15 is 0 Å². The highest BCUT2D eigenvalue weighted by Gasteiger charge is 2.35. The molecule has 2 heterocycles. The number of hydrogen-bond donors (Lipinski definition) is 1. The quantitative estimate of drug-likeness (QED) is 0.590. The van der Waals surface area contributed by atoms with Gasteiger partial charge in [-0.05, 0) is 31.6 Å². The van der Waals surface area contributed by atoms with Crippen molar-refractivity contribution in [3.8, 4) is 0 Å². The van der Waals surface area contributed by atoms with E-state index in [0.29, 0.717) is 12.0 Å². The van der Waals surface area contributed by atoms with Crippen LogP contribution in [0.2, 0.25) is 0 Å². The van der Waals surface area contributed by atoms with Gasteiger partial charge in [-0.25, -0.2) is 0 Å². The second-order valence-electron chi connectivity index (χ2n) is 3.39. The average Bonchev–Trinajstić information content (AvgIpc) is 2.06. The maximum atomic E-state index is 8.89. The number of hydrogen-bond acceptors (Lipinski definition) is 2. The Bertz CT molecular complexity index is 116. The standard InChI is InChI=1S/C8H14O2/c9-5-8-6-1-3-7(10-8)4-2-6/h6-9H,1-5H2. The van der Waals surface area contributed by atoms with Crippen molar-refractivity contribution >= 4 is 0 Å². The Morgan fingerprint density at radius 1 is 1.20 bits per heavy atom. The van der Waals surface area contributed by atoms with Crippen LogP contribution < -0.4 is 0 Å². The van der Waals surface area contributed by atoms with Crippen LogP contribution in [-0.4, -0.2) is 23.9 Å². The molecule has 1 N–H and O–H groups in total. The number of rotatable bonds is 1. The van der Waals surface area contributed by atoms with Gasteiger partial charge in [0.25, 0.3) is 0 Å². The zero-order valence-corrected chi connectivity index (χ0v) is 6.12. The number of ether oxygens (including phenoxy) is 1. The first-order chi connectivity index (χ1) is 4.90. The second kappa shape index (κ2) is 2.51. The molecule has 1 saturated carbocycles. The van der Waals surface area contributed by atoms with Crippen LogP contribution in [0.15, 0.2) is 0 Å². The topological polar surface area (TPSA) is 29.5 Å². The van der Waals surface area contributed by atoms with Gasteiger partial charge in [0.15, 0.2) is 0 Å². The molecular formula is C8H14O2. The SMILES string of the molecule is OCC1OC2CCC1CC2.